The molecule has 1 N–H and O–H groups in total. The van der Waals surface area contributed by atoms with Gasteiger partial charge in [0.15, 0.2) is 0 Å². The highest BCUT2D eigenvalue weighted by atomic mass is 16.3. The number of carbonyl (C=O) groups is 1. The van der Waals surface area contributed by atoms with Gasteiger partial charge in [0.25, 0.3) is 0 Å². The summed E-state index contributed by atoms with van der Waals surface area (Å²) in [5.74, 6) is 0.441. The summed E-state index contributed by atoms with van der Waals surface area (Å²) in [5.41, 5.74) is 0.399. The number of aromatic nitrogens is 1. The lowest BCUT2D eigenvalue weighted by Crippen LogP contribution is -2.46. The van der Waals surface area contributed by atoms with Gasteiger partial charge in [-0.15, -0.1) is 0 Å². The maximum Gasteiger partial charge on any atom is 0.233 e. The second kappa shape index (κ2) is 4.85. The van der Waals surface area contributed by atoms with E-state index in [1.165, 1.54) is 0 Å². The van der Waals surface area contributed by atoms with Crippen LogP contribution in [0.25, 0.3) is 0 Å². The lowest BCUT2D eigenvalue weighted by Gasteiger charge is -2.33. The topological polar surface area (TPSA) is 53.4 Å². The summed E-state index contributed by atoms with van der Waals surface area (Å²) in [6, 6.07) is 4.39. The zero-order valence-corrected chi connectivity index (χ0v) is 12.1. The van der Waals surface area contributed by atoms with Crippen molar-refractivity contribution >= 4 is 5.91 Å². The highest BCUT2D eigenvalue weighted by Crippen LogP contribution is 2.43. The normalized spacial score (nSPS) is 28.9. The first kappa shape index (κ1) is 13.6. The number of hydrogen-bond acceptors (Lipinski definition) is 3. The highest BCUT2D eigenvalue weighted by molar-refractivity contribution is 5.88. The van der Waals surface area contributed by atoms with Crippen molar-refractivity contribution in [1.29, 1.82) is 0 Å². The fourth-order valence-electron chi connectivity index (χ4n) is 3.80. The van der Waals surface area contributed by atoms with E-state index in [0.717, 1.165) is 24.8 Å². The number of fused-ring (bicyclic) bond motifs is 2. The van der Waals surface area contributed by atoms with E-state index < -0.39 is 5.41 Å². The maximum atomic E-state index is 13.0. The molecule has 3 unspecified atom stereocenters. The molecule has 20 heavy (non-hydrogen) atoms. The van der Waals surface area contributed by atoms with Crippen LogP contribution in [0.3, 0.4) is 0 Å². The Balaban J connectivity index is 1.86. The van der Waals surface area contributed by atoms with Crippen LogP contribution in [0, 0.1) is 5.92 Å². The van der Waals surface area contributed by atoms with E-state index >= 15 is 0 Å². The molecule has 2 saturated heterocycles. The summed E-state index contributed by atoms with van der Waals surface area (Å²) < 4.78 is 0. The predicted octanol–water partition coefficient (Wildman–Crippen LogP) is 1.73. The average Bonchev–Trinajstić information content (AvgIpc) is 3.04. The van der Waals surface area contributed by atoms with Crippen molar-refractivity contribution < 1.29 is 9.90 Å². The third kappa shape index (κ3) is 1.94. The summed E-state index contributed by atoms with van der Waals surface area (Å²) in [4.78, 5) is 19.2. The van der Waals surface area contributed by atoms with Gasteiger partial charge in [-0.2, -0.15) is 0 Å². The van der Waals surface area contributed by atoms with E-state index in [-0.39, 0.29) is 24.5 Å². The summed E-state index contributed by atoms with van der Waals surface area (Å²) >= 11 is 0. The summed E-state index contributed by atoms with van der Waals surface area (Å²) in [5, 5.41) is 9.46. The molecule has 3 rings (SSSR count). The number of hydrogen-bond donors (Lipinski definition) is 1. The summed E-state index contributed by atoms with van der Waals surface area (Å²) in [7, 11) is 0. The fourth-order valence-corrected chi connectivity index (χ4v) is 3.80. The minimum Gasteiger partial charge on any atom is -0.396 e. The predicted molar refractivity (Wildman–Crippen MR) is 76.1 cm³/mol. The molecule has 4 heteroatoms. The molecule has 0 aliphatic carbocycles. The van der Waals surface area contributed by atoms with E-state index in [0.29, 0.717) is 6.04 Å². The van der Waals surface area contributed by atoms with Gasteiger partial charge in [-0.05, 0) is 44.7 Å². The maximum absolute atomic E-state index is 13.0. The molecule has 0 spiro atoms. The van der Waals surface area contributed by atoms with Gasteiger partial charge >= 0.3 is 0 Å². The number of nitrogens with zero attached hydrogens (tertiary/aromatic N) is 2. The molecular weight excluding hydrogens is 252 g/mol. The number of amides is 1. The van der Waals surface area contributed by atoms with E-state index in [1.807, 2.05) is 30.9 Å². The molecule has 1 aromatic heterocycles. The van der Waals surface area contributed by atoms with Crippen LogP contribution >= 0.6 is 0 Å². The Morgan fingerprint density at radius 2 is 2.30 bits per heavy atom. The zero-order chi connectivity index (χ0) is 14.3. The Morgan fingerprint density at radius 1 is 1.50 bits per heavy atom. The minimum absolute atomic E-state index is 0.175. The zero-order valence-electron chi connectivity index (χ0n) is 12.1. The Morgan fingerprint density at radius 3 is 2.90 bits per heavy atom. The first-order chi connectivity index (χ1) is 9.55. The molecule has 2 aliphatic rings. The third-order valence-corrected chi connectivity index (χ3v) is 5.05. The molecule has 4 nitrogen and oxygen atoms in total. The van der Waals surface area contributed by atoms with Gasteiger partial charge in [0.05, 0.1) is 5.41 Å². The van der Waals surface area contributed by atoms with Crippen LogP contribution in [0.2, 0.25) is 0 Å². The molecule has 2 aliphatic heterocycles. The number of rotatable bonds is 3. The van der Waals surface area contributed by atoms with Gasteiger partial charge < -0.3 is 10.0 Å². The first-order valence-corrected chi connectivity index (χ1v) is 7.40. The van der Waals surface area contributed by atoms with Gasteiger partial charge in [0.1, 0.15) is 0 Å². The Hall–Kier alpha value is -1.42. The molecule has 1 amide bonds. The lowest BCUT2D eigenvalue weighted by molar-refractivity contribution is -0.137. The van der Waals surface area contributed by atoms with Crippen molar-refractivity contribution in [3.8, 4) is 0 Å². The Labute approximate surface area is 119 Å². The van der Waals surface area contributed by atoms with Crippen LogP contribution in [-0.4, -0.2) is 39.6 Å². The number of carbonyl (C=O) groups excluding carboxylic acids is 1. The smallest absolute Gasteiger partial charge is 0.233 e. The van der Waals surface area contributed by atoms with Crippen molar-refractivity contribution in [2.75, 3.05) is 6.61 Å². The number of pyridine rings is 1. The minimum atomic E-state index is -0.556. The molecular formula is C16H22N2O2. The Kier molecular flexibility index (Phi) is 3.28. The first-order valence-electron chi connectivity index (χ1n) is 7.40. The molecule has 2 fully saturated rings. The second-order valence-corrected chi connectivity index (χ2v) is 6.56. The average molecular weight is 274 g/mol. The van der Waals surface area contributed by atoms with Crippen LogP contribution in [-0.2, 0) is 10.2 Å². The number of aliphatic hydroxyl groups is 1. The van der Waals surface area contributed by atoms with E-state index in [2.05, 4.69) is 4.98 Å². The molecule has 108 valence electrons. The molecule has 0 radical (unpaired) electrons. The molecule has 3 heterocycles. The van der Waals surface area contributed by atoms with Crippen molar-refractivity contribution in [1.82, 2.24) is 9.88 Å². The SMILES string of the molecule is CC(C)(C(=O)N1C2CCC1C(CO)C2)c1cccnc1. The van der Waals surface area contributed by atoms with Crippen LogP contribution in [0.4, 0.5) is 0 Å². The van der Waals surface area contributed by atoms with Crippen molar-refractivity contribution in [3.63, 3.8) is 0 Å². The number of aliphatic hydroxyl groups excluding tert-OH is 1. The van der Waals surface area contributed by atoms with Crippen LogP contribution in [0.1, 0.15) is 38.7 Å². The van der Waals surface area contributed by atoms with Crippen molar-refractivity contribution in [2.45, 2.75) is 50.6 Å². The van der Waals surface area contributed by atoms with E-state index in [9.17, 15) is 9.90 Å². The van der Waals surface area contributed by atoms with Crippen molar-refractivity contribution in [3.05, 3.63) is 30.1 Å². The van der Waals surface area contributed by atoms with Gasteiger partial charge in [-0.1, -0.05) is 6.07 Å². The quantitative estimate of drug-likeness (QED) is 0.913. The monoisotopic (exact) mass is 274 g/mol. The molecule has 2 bridgehead atoms. The van der Waals surface area contributed by atoms with Crippen LogP contribution in [0.15, 0.2) is 24.5 Å². The molecule has 3 atom stereocenters. The fraction of sp³-hybridized carbons (Fsp3) is 0.625. The molecule has 1 aromatic rings. The van der Waals surface area contributed by atoms with Crippen molar-refractivity contribution in [2.24, 2.45) is 5.92 Å². The van der Waals surface area contributed by atoms with Gasteiger partial charge in [0, 0.05) is 37.0 Å². The van der Waals surface area contributed by atoms with E-state index in [4.69, 9.17) is 0 Å². The molecule has 0 saturated carbocycles. The van der Waals surface area contributed by atoms with Gasteiger partial charge in [-0.25, -0.2) is 0 Å². The lowest BCUT2D eigenvalue weighted by atomic mass is 9.84. The third-order valence-electron chi connectivity index (χ3n) is 5.05. The highest BCUT2D eigenvalue weighted by Gasteiger charge is 2.51. The van der Waals surface area contributed by atoms with E-state index in [1.54, 1.807) is 12.4 Å². The Bertz CT molecular complexity index is 500. The van der Waals surface area contributed by atoms with Crippen LogP contribution in [0.5, 0.6) is 0 Å². The second-order valence-electron chi connectivity index (χ2n) is 6.56. The standard InChI is InChI=1S/C16H22N2O2/c1-16(2,12-4-3-7-17-9-12)15(20)18-13-5-6-14(18)11(8-13)10-19/h3-4,7,9,11,13-14,19H,5-6,8,10H2,1-2H3. The van der Waals surface area contributed by atoms with Gasteiger partial charge in [0.2, 0.25) is 5.91 Å². The van der Waals surface area contributed by atoms with Crippen LogP contribution < -0.4 is 0 Å². The largest absolute Gasteiger partial charge is 0.396 e. The molecule has 0 aromatic carbocycles. The summed E-state index contributed by atoms with van der Waals surface area (Å²) in [6.45, 7) is 4.13. The summed E-state index contributed by atoms with van der Waals surface area (Å²) in [6.07, 6.45) is 6.57. The van der Waals surface area contributed by atoms with Gasteiger partial charge in [-0.3, -0.25) is 9.78 Å².